The fraction of sp³-hybridized carbons (Fsp3) is 0.423. The fourth-order valence-electron chi connectivity index (χ4n) is 4.36. The van der Waals surface area contributed by atoms with Gasteiger partial charge in [0.25, 0.3) is 0 Å². The molecule has 0 atom stereocenters. The number of ether oxygens (including phenoxy) is 2. The van der Waals surface area contributed by atoms with Gasteiger partial charge in [-0.25, -0.2) is 4.79 Å². The molecule has 0 saturated carbocycles. The molecule has 0 radical (unpaired) electrons. The Bertz CT molecular complexity index is 1160. The molecule has 5 rings (SSSR count). The maximum atomic E-state index is 12.3. The van der Waals surface area contributed by atoms with Gasteiger partial charge >= 0.3 is 12.0 Å². The van der Waals surface area contributed by atoms with E-state index < -0.39 is 0 Å². The summed E-state index contributed by atoms with van der Waals surface area (Å²) in [4.78, 5) is 34.8. The smallest absolute Gasteiger partial charge is 0.323 e. The van der Waals surface area contributed by atoms with Crippen LogP contribution in [0.3, 0.4) is 0 Å². The highest BCUT2D eigenvalue weighted by Gasteiger charge is 2.23. The highest BCUT2D eigenvalue weighted by Crippen LogP contribution is 2.25. The third-order valence-corrected chi connectivity index (χ3v) is 6.49. The highest BCUT2D eigenvalue weighted by atomic mass is 16.5. The second kappa shape index (κ2) is 11.9. The van der Waals surface area contributed by atoms with Gasteiger partial charge < -0.3 is 29.9 Å². The molecule has 2 fully saturated rings. The maximum Gasteiger partial charge on any atom is 0.323 e. The second-order valence-corrected chi connectivity index (χ2v) is 8.98. The Balaban J connectivity index is 1.31. The lowest BCUT2D eigenvalue weighted by atomic mass is 10.1. The number of carbonyl (C=O) groups excluding carboxylic acids is 1. The molecule has 2 amide bonds. The number of hydrogen-bond acceptors (Lipinski definition) is 9. The molecule has 11 nitrogen and oxygen atoms in total. The molecule has 2 saturated heterocycles. The number of morpholine rings is 1. The third kappa shape index (κ3) is 6.69. The lowest BCUT2D eigenvalue weighted by Crippen LogP contribution is -2.39. The van der Waals surface area contributed by atoms with Gasteiger partial charge in [-0.2, -0.15) is 15.0 Å². The van der Waals surface area contributed by atoms with E-state index in [1.807, 2.05) is 24.3 Å². The van der Waals surface area contributed by atoms with Crippen molar-refractivity contribution in [1.29, 1.82) is 0 Å². The minimum atomic E-state index is -0.335. The number of anilines is 3. The zero-order chi connectivity index (χ0) is 25.5. The largest absolute Gasteiger partial charge is 0.460 e. The van der Waals surface area contributed by atoms with Gasteiger partial charge in [0.05, 0.1) is 13.2 Å². The molecule has 2 aliphatic heterocycles. The zero-order valence-corrected chi connectivity index (χ0v) is 21.0. The van der Waals surface area contributed by atoms with Crippen LogP contribution >= 0.6 is 0 Å². The minimum Gasteiger partial charge on any atom is -0.460 e. The molecular formula is C26H32N8O3. The molecule has 0 unspecified atom stereocenters. The average molecular weight is 505 g/mol. The molecule has 3 aromatic rings. The molecule has 2 aliphatic rings. The monoisotopic (exact) mass is 504 g/mol. The number of hydrogen-bond donors (Lipinski definition) is 2. The van der Waals surface area contributed by atoms with Crippen LogP contribution in [0.2, 0.25) is 0 Å². The average Bonchev–Trinajstić information content (AvgIpc) is 2.95. The molecular weight excluding hydrogens is 472 g/mol. The number of likely N-dealkylation sites (tertiary alicyclic amines) is 1. The van der Waals surface area contributed by atoms with Crippen molar-refractivity contribution < 1.29 is 14.3 Å². The molecule has 0 spiro atoms. The lowest BCUT2D eigenvalue weighted by molar-refractivity contribution is 0.0951. The van der Waals surface area contributed by atoms with Gasteiger partial charge in [-0.15, -0.1) is 0 Å². The van der Waals surface area contributed by atoms with Gasteiger partial charge in [-0.1, -0.05) is 6.92 Å². The number of urea groups is 1. The van der Waals surface area contributed by atoms with E-state index in [1.54, 1.807) is 24.5 Å². The van der Waals surface area contributed by atoms with Crippen LogP contribution in [0.15, 0.2) is 48.8 Å². The molecule has 1 aromatic carbocycles. The van der Waals surface area contributed by atoms with Gasteiger partial charge in [0.1, 0.15) is 6.10 Å². The summed E-state index contributed by atoms with van der Waals surface area (Å²) in [6.45, 7) is 7.96. The predicted octanol–water partition coefficient (Wildman–Crippen LogP) is 3.28. The molecule has 37 heavy (non-hydrogen) atoms. The van der Waals surface area contributed by atoms with Crippen LogP contribution in [-0.4, -0.2) is 82.9 Å². The van der Waals surface area contributed by atoms with Gasteiger partial charge in [0.2, 0.25) is 5.95 Å². The van der Waals surface area contributed by atoms with E-state index in [0.29, 0.717) is 55.5 Å². The Morgan fingerprint density at radius 1 is 0.946 bits per heavy atom. The van der Waals surface area contributed by atoms with Crippen molar-refractivity contribution in [3.05, 3.63) is 48.8 Å². The number of carbonyl (C=O) groups is 1. The normalized spacial score (nSPS) is 16.8. The summed E-state index contributed by atoms with van der Waals surface area (Å²) in [7, 11) is 0. The van der Waals surface area contributed by atoms with Crippen LogP contribution in [0.4, 0.5) is 22.1 Å². The van der Waals surface area contributed by atoms with Gasteiger partial charge in [0.15, 0.2) is 5.82 Å². The van der Waals surface area contributed by atoms with Crippen LogP contribution < -0.4 is 20.3 Å². The van der Waals surface area contributed by atoms with Crippen LogP contribution in [0.25, 0.3) is 11.4 Å². The van der Waals surface area contributed by atoms with Crippen molar-refractivity contribution in [2.45, 2.75) is 25.9 Å². The second-order valence-electron chi connectivity index (χ2n) is 8.98. The molecule has 2 N–H and O–H groups in total. The first-order valence-corrected chi connectivity index (χ1v) is 12.7. The molecule has 11 heteroatoms. The van der Waals surface area contributed by atoms with Gasteiger partial charge in [-0.3, -0.25) is 4.98 Å². The Hall–Kier alpha value is -3.83. The summed E-state index contributed by atoms with van der Waals surface area (Å²) in [5, 5.41) is 5.61. The minimum absolute atomic E-state index is 0.0843. The molecule has 0 bridgehead atoms. The third-order valence-electron chi connectivity index (χ3n) is 6.49. The van der Waals surface area contributed by atoms with E-state index in [0.717, 1.165) is 38.0 Å². The van der Waals surface area contributed by atoms with Crippen molar-refractivity contribution in [2.75, 3.05) is 61.5 Å². The topological polar surface area (TPSA) is 118 Å². The van der Waals surface area contributed by atoms with Crippen LogP contribution in [-0.2, 0) is 4.74 Å². The zero-order valence-electron chi connectivity index (χ0n) is 21.0. The van der Waals surface area contributed by atoms with Crippen LogP contribution in [0, 0.1) is 0 Å². The van der Waals surface area contributed by atoms with E-state index in [2.05, 4.69) is 42.3 Å². The van der Waals surface area contributed by atoms with Gasteiger partial charge in [-0.05, 0) is 55.8 Å². The summed E-state index contributed by atoms with van der Waals surface area (Å²) in [6, 6.07) is 10.9. The SMILES string of the molecule is CCN1CCC(Oc2nc(-c3ccc(NC(=O)Nc4ccncc4)cc3)nc(N3CCOCC3)n2)CC1. The Morgan fingerprint density at radius 2 is 1.62 bits per heavy atom. The standard InChI is InChI=1S/C26H32N8O3/c1-2-33-13-9-22(10-14-33)37-26-31-23(30-24(32-26)34-15-17-36-18-16-34)19-3-5-20(6-4-19)28-25(35)29-21-7-11-27-12-8-21/h3-8,11-12,22H,2,9-10,13-18H2,1H3,(H2,27,28,29,35). The summed E-state index contributed by atoms with van der Waals surface area (Å²) in [5.41, 5.74) is 2.12. The van der Waals surface area contributed by atoms with Crippen LogP contribution in [0.1, 0.15) is 19.8 Å². The molecule has 194 valence electrons. The number of nitrogens with one attached hydrogen (secondary N) is 2. The first-order valence-electron chi connectivity index (χ1n) is 12.7. The Labute approximate surface area is 216 Å². The van der Waals surface area contributed by atoms with Crippen LogP contribution in [0.5, 0.6) is 6.01 Å². The van der Waals surface area contributed by atoms with Crippen molar-refractivity contribution in [2.24, 2.45) is 0 Å². The molecule has 2 aromatic heterocycles. The molecule has 4 heterocycles. The van der Waals surface area contributed by atoms with Crippen molar-refractivity contribution >= 4 is 23.4 Å². The Morgan fingerprint density at radius 3 is 2.30 bits per heavy atom. The fourth-order valence-corrected chi connectivity index (χ4v) is 4.36. The van der Waals surface area contributed by atoms with E-state index in [9.17, 15) is 4.79 Å². The number of pyridine rings is 1. The predicted molar refractivity (Wildman–Crippen MR) is 141 cm³/mol. The van der Waals surface area contributed by atoms with E-state index in [1.165, 1.54) is 0 Å². The lowest BCUT2D eigenvalue weighted by Gasteiger charge is -2.31. The van der Waals surface area contributed by atoms with Gasteiger partial charge in [0, 0.05) is 55.5 Å². The summed E-state index contributed by atoms with van der Waals surface area (Å²) in [5.74, 6) is 1.12. The first-order chi connectivity index (χ1) is 18.2. The molecule has 0 aliphatic carbocycles. The number of rotatable bonds is 7. The highest BCUT2D eigenvalue weighted by molar-refractivity contribution is 5.99. The summed E-state index contributed by atoms with van der Waals surface area (Å²) in [6.07, 6.45) is 5.22. The van der Waals surface area contributed by atoms with E-state index in [4.69, 9.17) is 14.5 Å². The Kier molecular flexibility index (Phi) is 8.02. The summed E-state index contributed by atoms with van der Waals surface area (Å²) >= 11 is 0. The van der Waals surface area contributed by atoms with Crippen molar-refractivity contribution in [3.63, 3.8) is 0 Å². The number of amides is 2. The van der Waals surface area contributed by atoms with E-state index >= 15 is 0 Å². The summed E-state index contributed by atoms with van der Waals surface area (Å²) < 4.78 is 11.8. The van der Waals surface area contributed by atoms with E-state index in [-0.39, 0.29) is 12.1 Å². The quantitative estimate of drug-likeness (QED) is 0.500. The number of piperidine rings is 1. The first kappa shape index (κ1) is 24.8. The van der Waals surface area contributed by atoms with Crippen molar-refractivity contribution in [1.82, 2.24) is 24.8 Å². The number of benzene rings is 1. The number of aromatic nitrogens is 4. The van der Waals surface area contributed by atoms with Crippen molar-refractivity contribution in [3.8, 4) is 17.4 Å². The number of nitrogens with zero attached hydrogens (tertiary/aromatic N) is 6. The maximum absolute atomic E-state index is 12.3.